The molecule has 23 heavy (non-hydrogen) atoms. The first-order valence-corrected chi connectivity index (χ1v) is 7.28. The zero-order valence-electron chi connectivity index (χ0n) is 13.1. The first-order valence-electron chi connectivity index (χ1n) is 7.28. The van der Waals surface area contributed by atoms with Crippen LogP contribution in [0.2, 0.25) is 0 Å². The molecule has 0 radical (unpaired) electrons. The van der Waals surface area contributed by atoms with Gasteiger partial charge in [0.1, 0.15) is 23.2 Å². The molecule has 0 fully saturated rings. The second kappa shape index (κ2) is 7.85. The van der Waals surface area contributed by atoms with Gasteiger partial charge in [-0.25, -0.2) is 0 Å². The van der Waals surface area contributed by atoms with Gasteiger partial charge in [0.15, 0.2) is 0 Å². The summed E-state index contributed by atoms with van der Waals surface area (Å²) < 4.78 is 10.8. The molecule has 5 heteroatoms. The van der Waals surface area contributed by atoms with Gasteiger partial charge in [-0.1, -0.05) is 18.2 Å². The number of hydrogen-bond acceptors (Lipinski definition) is 4. The molecule has 1 aromatic carbocycles. The van der Waals surface area contributed by atoms with E-state index in [2.05, 4.69) is 5.32 Å². The SMILES string of the molecule is CC(C)Oc1ccccc1C=C(C#N)C(=O)NCc1ccco1. The summed E-state index contributed by atoms with van der Waals surface area (Å²) in [5, 5.41) is 11.9. The summed E-state index contributed by atoms with van der Waals surface area (Å²) >= 11 is 0. The molecule has 1 N–H and O–H groups in total. The van der Waals surface area contributed by atoms with Gasteiger partial charge >= 0.3 is 0 Å². The number of furan rings is 1. The quantitative estimate of drug-likeness (QED) is 0.656. The van der Waals surface area contributed by atoms with Gasteiger partial charge in [0, 0.05) is 5.56 Å². The van der Waals surface area contributed by atoms with Crippen LogP contribution in [-0.2, 0) is 11.3 Å². The van der Waals surface area contributed by atoms with Crippen LogP contribution in [0.4, 0.5) is 0 Å². The Morgan fingerprint density at radius 2 is 2.13 bits per heavy atom. The van der Waals surface area contributed by atoms with Gasteiger partial charge in [-0.2, -0.15) is 5.26 Å². The van der Waals surface area contributed by atoms with Crippen LogP contribution in [0.5, 0.6) is 5.75 Å². The van der Waals surface area contributed by atoms with Gasteiger partial charge in [-0.3, -0.25) is 4.79 Å². The summed E-state index contributed by atoms with van der Waals surface area (Å²) in [6.07, 6.45) is 3.06. The maximum Gasteiger partial charge on any atom is 0.262 e. The molecule has 0 aliphatic carbocycles. The predicted octanol–water partition coefficient (Wildman–Crippen LogP) is 3.29. The van der Waals surface area contributed by atoms with Crippen LogP contribution in [0.15, 0.2) is 52.7 Å². The van der Waals surface area contributed by atoms with Crippen molar-refractivity contribution in [2.45, 2.75) is 26.5 Å². The van der Waals surface area contributed by atoms with Crippen molar-refractivity contribution in [3.63, 3.8) is 0 Å². The van der Waals surface area contributed by atoms with Crippen LogP contribution in [0, 0.1) is 11.3 Å². The minimum absolute atomic E-state index is 0.00265. The zero-order chi connectivity index (χ0) is 16.7. The second-order valence-electron chi connectivity index (χ2n) is 5.14. The molecule has 0 aliphatic heterocycles. The summed E-state index contributed by atoms with van der Waals surface area (Å²) in [7, 11) is 0. The number of nitrogens with one attached hydrogen (secondary N) is 1. The lowest BCUT2D eigenvalue weighted by Gasteiger charge is -2.12. The third-order valence-electron chi connectivity index (χ3n) is 2.95. The highest BCUT2D eigenvalue weighted by Crippen LogP contribution is 2.22. The Morgan fingerprint density at radius 3 is 2.78 bits per heavy atom. The van der Waals surface area contributed by atoms with Crippen molar-refractivity contribution in [1.29, 1.82) is 5.26 Å². The molecule has 0 atom stereocenters. The van der Waals surface area contributed by atoms with Crippen molar-refractivity contribution in [2.75, 3.05) is 0 Å². The number of rotatable bonds is 6. The van der Waals surface area contributed by atoms with Gasteiger partial charge in [0.2, 0.25) is 0 Å². The van der Waals surface area contributed by atoms with Crippen LogP contribution in [-0.4, -0.2) is 12.0 Å². The number of nitrogens with zero attached hydrogens (tertiary/aromatic N) is 1. The Kier molecular flexibility index (Phi) is 5.59. The Bertz CT molecular complexity index is 725. The first-order chi connectivity index (χ1) is 11.1. The summed E-state index contributed by atoms with van der Waals surface area (Å²) in [4.78, 5) is 12.1. The maximum atomic E-state index is 12.1. The smallest absolute Gasteiger partial charge is 0.262 e. The Hall–Kier alpha value is -3.00. The maximum absolute atomic E-state index is 12.1. The molecule has 0 saturated carbocycles. The summed E-state index contributed by atoms with van der Waals surface area (Å²) in [5.74, 6) is 0.802. The van der Waals surface area contributed by atoms with Crippen LogP contribution < -0.4 is 10.1 Å². The van der Waals surface area contributed by atoms with E-state index in [1.807, 2.05) is 38.1 Å². The van der Waals surface area contributed by atoms with Crippen molar-refractivity contribution < 1.29 is 13.9 Å². The molecule has 1 aromatic heterocycles. The highest BCUT2D eigenvalue weighted by molar-refractivity contribution is 6.01. The van der Waals surface area contributed by atoms with E-state index >= 15 is 0 Å². The van der Waals surface area contributed by atoms with Crippen LogP contribution >= 0.6 is 0 Å². The molecular weight excluding hydrogens is 292 g/mol. The number of benzene rings is 1. The van der Waals surface area contributed by atoms with Crippen molar-refractivity contribution in [3.8, 4) is 11.8 Å². The van der Waals surface area contributed by atoms with Crippen molar-refractivity contribution in [3.05, 3.63) is 59.6 Å². The molecule has 1 amide bonds. The fourth-order valence-corrected chi connectivity index (χ4v) is 1.94. The van der Waals surface area contributed by atoms with Crippen LogP contribution in [0.1, 0.15) is 25.2 Å². The summed E-state index contributed by atoms with van der Waals surface area (Å²) in [6, 6.07) is 12.7. The van der Waals surface area contributed by atoms with Crippen molar-refractivity contribution in [2.24, 2.45) is 0 Å². The minimum atomic E-state index is -0.455. The van der Waals surface area contributed by atoms with Crippen LogP contribution in [0.3, 0.4) is 0 Å². The Morgan fingerprint density at radius 1 is 1.35 bits per heavy atom. The summed E-state index contributed by atoms with van der Waals surface area (Å²) in [5.41, 5.74) is 0.697. The molecular formula is C18H18N2O3. The third-order valence-corrected chi connectivity index (χ3v) is 2.95. The highest BCUT2D eigenvalue weighted by Gasteiger charge is 2.11. The number of ether oxygens (including phenoxy) is 1. The lowest BCUT2D eigenvalue weighted by atomic mass is 10.1. The van der Waals surface area contributed by atoms with Gasteiger partial charge < -0.3 is 14.5 Å². The molecule has 0 bridgehead atoms. The lowest BCUT2D eigenvalue weighted by molar-refractivity contribution is -0.117. The van der Waals surface area contributed by atoms with E-state index in [-0.39, 0.29) is 18.2 Å². The number of carbonyl (C=O) groups excluding carboxylic acids is 1. The molecule has 0 spiro atoms. The summed E-state index contributed by atoms with van der Waals surface area (Å²) in [6.45, 7) is 4.07. The van der Waals surface area contributed by atoms with Crippen molar-refractivity contribution >= 4 is 12.0 Å². The van der Waals surface area contributed by atoms with E-state index in [1.54, 1.807) is 18.2 Å². The third kappa shape index (κ3) is 4.75. The topological polar surface area (TPSA) is 75.3 Å². The number of hydrogen-bond donors (Lipinski definition) is 1. The standard InChI is InChI=1S/C18H18N2O3/c1-13(2)23-17-8-4-3-6-14(17)10-15(11-19)18(21)20-12-16-7-5-9-22-16/h3-10,13H,12H2,1-2H3,(H,20,21). The molecule has 2 aromatic rings. The van der Waals surface area contributed by atoms with E-state index in [4.69, 9.17) is 9.15 Å². The molecule has 0 saturated heterocycles. The van der Waals surface area contributed by atoms with E-state index < -0.39 is 5.91 Å². The molecule has 0 unspecified atom stereocenters. The fraction of sp³-hybridized carbons (Fsp3) is 0.222. The Balaban J connectivity index is 2.15. The zero-order valence-corrected chi connectivity index (χ0v) is 13.1. The second-order valence-corrected chi connectivity index (χ2v) is 5.14. The molecule has 2 rings (SSSR count). The average molecular weight is 310 g/mol. The molecule has 1 heterocycles. The van der Waals surface area contributed by atoms with Gasteiger partial charge in [0.25, 0.3) is 5.91 Å². The van der Waals surface area contributed by atoms with E-state index in [0.717, 1.165) is 0 Å². The average Bonchev–Trinajstić information content (AvgIpc) is 3.04. The normalized spacial score (nSPS) is 11.1. The fourth-order valence-electron chi connectivity index (χ4n) is 1.94. The largest absolute Gasteiger partial charge is 0.490 e. The number of carbonyl (C=O) groups is 1. The monoisotopic (exact) mass is 310 g/mol. The van der Waals surface area contributed by atoms with Gasteiger partial charge in [-0.15, -0.1) is 0 Å². The predicted molar refractivity (Wildman–Crippen MR) is 86.4 cm³/mol. The molecule has 118 valence electrons. The van der Waals surface area contributed by atoms with Gasteiger partial charge in [-0.05, 0) is 38.1 Å². The van der Waals surface area contributed by atoms with E-state index in [1.165, 1.54) is 12.3 Å². The number of amides is 1. The minimum Gasteiger partial charge on any atom is -0.490 e. The molecule has 0 aliphatic rings. The lowest BCUT2D eigenvalue weighted by Crippen LogP contribution is -2.23. The molecule has 5 nitrogen and oxygen atoms in total. The van der Waals surface area contributed by atoms with E-state index in [0.29, 0.717) is 17.1 Å². The number of nitriles is 1. The first kappa shape index (κ1) is 16.4. The Labute approximate surface area is 135 Å². The van der Waals surface area contributed by atoms with Crippen LogP contribution in [0.25, 0.3) is 6.08 Å². The van der Waals surface area contributed by atoms with E-state index in [9.17, 15) is 10.1 Å². The van der Waals surface area contributed by atoms with Gasteiger partial charge in [0.05, 0.1) is 18.9 Å². The van der Waals surface area contributed by atoms with Crippen molar-refractivity contribution in [1.82, 2.24) is 5.32 Å². The highest BCUT2D eigenvalue weighted by atomic mass is 16.5. The number of para-hydroxylation sites is 1.